The van der Waals surface area contributed by atoms with Crippen LogP contribution in [0.25, 0.3) is 0 Å². The number of aryl methyl sites for hydroxylation is 1. The third-order valence-electron chi connectivity index (χ3n) is 4.43. The molecule has 3 heteroatoms. The summed E-state index contributed by atoms with van der Waals surface area (Å²) in [7, 11) is 1.66. The second-order valence-corrected chi connectivity index (χ2v) is 5.83. The van der Waals surface area contributed by atoms with Gasteiger partial charge in [0.1, 0.15) is 11.5 Å². The molecule has 0 amide bonds. The number of carbonyl (C=O) groups is 1. The van der Waals surface area contributed by atoms with Crippen LogP contribution in [0.4, 0.5) is 0 Å². The molecule has 0 aliphatic heterocycles. The summed E-state index contributed by atoms with van der Waals surface area (Å²) < 4.78 is 10.8. The minimum atomic E-state index is -0.0691. The molecule has 3 nitrogen and oxygen atoms in total. The normalized spacial score (nSPS) is 17.3. The van der Waals surface area contributed by atoms with Gasteiger partial charge >= 0.3 is 0 Å². The molecular formula is C20H22O3. The number of Topliss-reactive ketones (excluding diaryl/α,β-unsaturated/α-hetero) is 1. The predicted octanol–water partition coefficient (Wildman–Crippen LogP) is 4.40. The Kier molecular flexibility index (Phi) is 4.65. The summed E-state index contributed by atoms with van der Waals surface area (Å²) in [6, 6.07) is 13.7. The molecule has 0 N–H and O–H groups in total. The van der Waals surface area contributed by atoms with Crippen LogP contribution in [0.3, 0.4) is 0 Å². The van der Waals surface area contributed by atoms with Crippen LogP contribution in [0.15, 0.2) is 42.5 Å². The Balaban J connectivity index is 1.90. The van der Waals surface area contributed by atoms with Crippen molar-refractivity contribution < 1.29 is 14.3 Å². The first-order valence-electron chi connectivity index (χ1n) is 8.16. The van der Waals surface area contributed by atoms with Crippen molar-refractivity contribution in [2.45, 2.75) is 32.1 Å². The summed E-state index contributed by atoms with van der Waals surface area (Å²) in [6.45, 7) is 2.62. The highest BCUT2D eigenvalue weighted by Crippen LogP contribution is 2.33. The standard InChI is InChI=1S/C20H22O3/c1-3-23-16-9-7-14(8-10-16)18-6-4-5-15-13-17(22-2)11-12-19(15)20(18)21/h7-13,18H,3-6H2,1-2H3. The van der Waals surface area contributed by atoms with Crippen molar-refractivity contribution in [1.29, 1.82) is 0 Å². The minimum Gasteiger partial charge on any atom is -0.497 e. The van der Waals surface area contributed by atoms with Crippen molar-refractivity contribution >= 4 is 5.78 Å². The maximum absolute atomic E-state index is 13.0. The van der Waals surface area contributed by atoms with E-state index in [1.54, 1.807) is 7.11 Å². The van der Waals surface area contributed by atoms with Crippen molar-refractivity contribution in [2.75, 3.05) is 13.7 Å². The number of hydrogen-bond donors (Lipinski definition) is 0. The van der Waals surface area contributed by atoms with E-state index < -0.39 is 0 Å². The molecule has 0 saturated carbocycles. The van der Waals surface area contributed by atoms with Crippen LogP contribution in [0.1, 0.15) is 47.2 Å². The van der Waals surface area contributed by atoms with Gasteiger partial charge in [-0.2, -0.15) is 0 Å². The summed E-state index contributed by atoms with van der Waals surface area (Å²) in [4.78, 5) is 13.0. The fraction of sp³-hybridized carbons (Fsp3) is 0.350. The van der Waals surface area contributed by atoms with Crippen molar-refractivity contribution in [3.8, 4) is 11.5 Å². The summed E-state index contributed by atoms with van der Waals surface area (Å²) in [6.07, 6.45) is 2.80. The molecule has 0 aromatic heterocycles. The lowest BCUT2D eigenvalue weighted by Gasteiger charge is -2.15. The van der Waals surface area contributed by atoms with Crippen LogP contribution in [-0.2, 0) is 6.42 Å². The van der Waals surface area contributed by atoms with Gasteiger partial charge in [0.25, 0.3) is 0 Å². The topological polar surface area (TPSA) is 35.5 Å². The van der Waals surface area contributed by atoms with E-state index in [2.05, 4.69) is 0 Å². The van der Waals surface area contributed by atoms with Gasteiger partial charge in [-0.25, -0.2) is 0 Å². The van der Waals surface area contributed by atoms with Crippen molar-refractivity contribution in [3.05, 3.63) is 59.2 Å². The van der Waals surface area contributed by atoms with Gasteiger partial charge in [0, 0.05) is 11.5 Å². The molecule has 3 rings (SSSR count). The van der Waals surface area contributed by atoms with Gasteiger partial charge in [-0.1, -0.05) is 12.1 Å². The molecule has 0 fully saturated rings. The molecule has 23 heavy (non-hydrogen) atoms. The first-order valence-corrected chi connectivity index (χ1v) is 8.16. The lowest BCUT2D eigenvalue weighted by Crippen LogP contribution is -2.12. The second kappa shape index (κ2) is 6.86. The first-order chi connectivity index (χ1) is 11.2. The first kappa shape index (κ1) is 15.6. The van der Waals surface area contributed by atoms with Crippen molar-refractivity contribution in [3.63, 3.8) is 0 Å². The zero-order valence-corrected chi connectivity index (χ0v) is 13.7. The monoisotopic (exact) mass is 310 g/mol. The van der Waals surface area contributed by atoms with Crippen LogP contribution in [0, 0.1) is 0 Å². The van der Waals surface area contributed by atoms with Gasteiger partial charge in [0.05, 0.1) is 13.7 Å². The molecule has 1 aliphatic carbocycles. The molecular weight excluding hydrogens is 288 g/mol. The summed E-state index contributed by atoms with van der Waals surface area (Å²) in [5.74, 6) is 1.81. The van der Waals surface area contributed by atoms with E-state index in [9.17, 15) is 4.79 Å². The Morgan fingerprint density at radius 2 is 1.83 bits per heavy atom. The Morgan fingerprint density at radius 3 is 2.52 bits per heavy atom. The van der Waals surface area contributed by atoms with Gasteiger partial charge < -0.3 is 9.47 Å². The molecule has 120 valence electrons. The van der Waals surface area contributed by atoms with Crippen LogP contribution in [0.5, 0.6) is 11.5 Å². The van der Waals surface area contributed by atoms with E-state index in [1.807, 2.05) is 49.4 Å². The number of ether oxygens (including phenoxy) is 2. The largest absolute Gasteiger partial charge is 0.497 e. The average molecular weight is 310 g/mol. The maximum atomic E-state index is 13.0. The molecule has 0 bridgehead atoms. The van der Waals surface area contributed by atoms with Gasteiger partial charge in [-0.15, -0.1) is 0 Å². The molecule has 1 aliphatic rings. The highest BCUT2D eigenvalue weighted by molar-refractivity contribution is 6.02. The van der Waals surface area contributed by atoms with Gasteiger partial charge in [0.15, 0.2) is 5.78 Å². The zero-order valence-electron chi connectivity index (χ0n) is 13.7. The van der Waals surface area contributed by atoms with E-state index in [4.69, 9.17) is 9.47 Å². The lowest BCUT2D eigenvalue weighted by molar-refractivity contribution is 0.0957. The number of fused-ring (bicyclic) bond motifs is 1. The molecule has 0 heterocycles. The van der Waals surface area contributed by atoms with Crippen molar-refractivity contribution in [1.82, 2.24) is 0 Å². The quantitative estimate of drug-likeness (QED) is 0.785. The number of rotatable bonds is 4. The van der Waals surface area contributed by atoms with Crippen molar-refractivity contribution in [2.24, 2.45) is 0 Å². The summed E-state index contributed by atoms with van der Waals surface area (Å²) >= 11 is 0. The van der Waals surface area contributed by atoms with Gasteiger partial charge in [0.2, 0.25) is 0 Å². The Bertz CT molecular complexity index is 689. The maximum Gasteiger partial charge on any atom is 0.170 e. The summed E-state index contributed by atoms with van der Waals surface area (Å²) in [5.41, 5.74) is 3.01. The Labute approximate surface area is 137 Å². The predicted molar refractivity (Wildman–Crippen MR) is 90.6 cm³/mol. The third-order valence-corrected chi connectivity index (χ3v) is 4.43. The summed E-state index contributed by atoms with van der Waals surface area (Å²) in [5, 5.41) is 0. The number of methoxy groups -OCH3 is 1. The molecule has 0 spiro atoms. The van der Waals surface area contributed by atoms with E-state index >= 15 is 0 Å². The van der Waals surface area contributed by atoms with E-state index in [0.717, 1.165) is 47.5 Å². The number of carbonyl (C=O) groups excluding carboxylic acids is 1. The Hall–Kier alpha value is -2.29. The fourth-order valence-electron chi connectivity index (χ4n) is 3.24. The molecule has 0 radical (unpaired) electrons. The molecule has 1 unspecified atom stereocenters. The van der Waals surface area contributed by atoms with Crippen LogP contribution < -0.4 is 9.47 Å². The van der Waals surface area contributed by atoms with Gasteiger partial charge in [-0.05, 0) is 67.6 Å². The van der Waals surface area contributed by atoms with Crippen LogP contribution >= 0.6 is 0 Å². The smallest absolute Gasteiger partial charge is 0.170 e. The Morgan fingerprint density at radius 1 is 1.09 bits per heavy atom. The molecule has 0 saturated heterocycles. The average Bonchev–Trinajstić information content (AvgIpc) is 2.75. The fourth-order valence-corrected chi connectivity index (χ4v) is 3.24. The van der Waals surface area contributed by atoms with Gasteiger partial charge in [-0.3, -0.25) is 4.79 Å². The SMILES string of the molecule is CCOc1ccc(C2CCCc3cc(OC)ccc3C2=O)cc1. The van der Waals surface area contributed by atoms with E-state index in [0.29, 0.717) is 6.61 Å². The highest BCUT2D eigenvalue weighted by atomic mass is 16.5. The lowest BCUT2D eigenvalue weighted by atomic mass is 9.88. The third kappa shape index (κ3) is 3.24. The number of hydrogen-bond acceptors (Lipinski definition) is 3. The minimum absolute atomic E-state index is 0.0691. The van der Waals surface area contributed by atoms with E-state index in [-0.39, 0.29) is 11.7 Å². The number of ketones is 1. The molecule has 1 atom stereocenters. The van der Waals surface area contributed by atoms with Crippen LogP contribution in [-0.4, -0.2) is 19.5 Å². The highest BCUT2D eigenvalue weighted by Gasteiger charge is 2.27. The van der Waals surface area contributed by atoms with E-state index in [1.165, 1.54) is 0 Å². The molecule has 2 aromatic carbocycles. The number of benzene rings is 2. The van der Waals surface area contributed by atoms with Crippen LogP contribution in [0.2, 0.25) is 0 Å². The molecule has 2 aromatic rings. The zero-order chi connectivity index (χ0) is 16.2. The second-order valence-electron chi connectivity index (χ2n) is 5.83.